The van der Waals surface area contributed by atoms with E-state index >= 15 is 0 Å². The number of anilines is 3. The molecule has 0 saturated carbocycles. The fourth-order valence-electron chi connectivity index (χ4n) is 3.54. The Morgan fingerprint density at radius 2 is 2.03 bits per heavy atom. The third kappa shape index (κ3) is 3.85. The Morgan fingerprint density at radius 1 is 1.13 bits per heavy atom. The highest BCUT2D eigenvalue weighted by atomic mass is 32.2. The number of benzene rings is 2. The van der Waals surface area contributed by atoms with Gasteiger partial charge in [-0.3, -0.25) is 4.72 Å². The van der Waals surface area contributed by atoms with Gasteiger partial charge in [0.1, 0.15) is 0 Å². The summed E-state index contributed by atoms with van der Waals surface area (Å²) in [6.07, 6.45) is 2.41. The van der Waals surface area contributed by atoms with Crippen LogP contribution in [0.3, 0.4) is 0 Å². The molecule has 7 nitrogen and oxygen atoms in total. The van der Waals surface area contributed by atoms with E-state index in [0.717, 1.165) is 48.0 Å². The number of rotatable bonds is 7. The van der Waals surface area contributed by atoms with Crippen molar-refractivity contribution >= 4 is 58.9 Å². The van der Waals surface area contributed by atoms with Crippen LogP contribution in [0.1, 0.15) is 5.56 Å². The van der Waals surface area contributed by atoms with E-state index in [1.807, 2.05) is 24.3 Å². The first kappa shape index (κ1) is 19.3. The Hall–Kier alpha value is -2.69. The van der Waals surface area contributed by atoms with E-state index in [4.69, 9.17) is 0 Å². The topological polar surface area (TPSA) is 87.2 Å². The maximum absolute atomic E-state index is 12.6. The molecule has 10 heteroatoms. The van der Waals surface area contributed by atoms with Crippen molar-refractivity contribution in [2.45, 2.75) is 11.3 Å². The molecular weight excluding hydrogens is 438 g/mol. The fourth-order valence-corrected chi connectivity index (χ4v) is 6.27. The first-order chi connectivity index (χ1) is 14.6. The average Bonchev–Trinajstić information content (AvgIpc) is 3.47. The molecule has 1 aliphatic rings. The van der Waals surface area contributed by atoms with Crippen LogP contribution in [0.15, 0.2) is 58.9 Å². The lowest BCUT2D eigenvalue weighted by Crippen LogP contribution is -2.27. The van der Waals surface area contributed by atoms with Gasteiger partial charge in [0.25, 0.3) is 10.0 Å². The minimum Gasteiger partial charge on any atom is -0.369 e. The number of sulfonamides is 1. The van der Waals surface area contributed by atoms with E-state index in [0.29, 0.717) is 5.13 Å². The number of aromatic nitrogens is 2. The van der Waals surface area contributed by atoms with Crippen LogP contribution in [0.2, 0.25) is 0 Å². The molecule has 0 amide bonds. The molecular formula is C20H19N5O2S3. The van der Waals surface area contributed by atoms with Crippen molar-refractivity contribution < 1.29 is 8.42 Å². The largest absolute Gasteiger partial charge is 0.369 e. The van der Waals surface area contributed by atoms with Crippen LogP contribution in [-0.2, 0) is 16.4 Å². The summed E-state index contributed by atoms with van der Waals surface area (Å²) in [5.41, 5.74) is 3.16. The summed E-state index contributed by atoms with van der Waals surface area (Å²) >= 11 is 2.91. The standard InChI is InChI=1S/C20H19N5O2S3/c26-30(27,24-20-22-9-12-28-20)15-5-6-17-14(13-15)7-10-25(17)11-8-21-19-23-16-3-1-2-4-18(16)29-19/h1-6,9,12-13H,7-8,10-11H2,(H,21,23)(H,22,24). The van der Waals surface area contributed by atoms with Gasteiger partial charge in [-0.25, -0.2) is 18.4 Å². The number of hydrogen-bond acceptors (Lipinski definition) is 8. The predicted molar refractivity (Wildman–Crippen MR) is 123 cm³/mol. The molecule has 0 radical (unpaired) electrons. The second-order valence-electron chi connectivity index (χ2n) is 6.88. The minimum atomic E-state index is -3.63. The van der Waals surface area contributed by atoms with Crippen LogP contribution >= 0.6 is 22.7 Å². The maximum Gasteiger partial charge on any atom is 0.263 e. The van der Waals surface area contributed by atoms with Gasteiger partial charge < -0.3 is 10.2 Å². The molecule has 0 saturated heterocycles. The summed E-state index contributed by atoms with van der Waals surface area (Å²) < 4.78 is 28.9. The van der Waals surface area contributed by atoms with Crippen molar-refractivity contribution in [1.29, 1.82) is 0 Å². The first-order valence-electron chi connectivity index (χ1n) is 9.48. The molecule has 0 atom stereocenters. The number of thiazole rings is 2. The third-order valence-electron chi connectivity index (χ3n) is 4.96. The van der Waals surface area contributed by atoms with Crippen molar-refractivity contribution in [3.63, 3.8) is 0 Å². The number of nitrogens with zero attached hydrogens (tertiary/aromatic N) is 3. The van der Waals surface area contributed by atoms with E-state index < -0.39 is 10.0 Å². The zero-order valence-electron chi connectivity index (χ0n) is 15.9. The van der Waals surface area contributed by atoms with E-state index in [9.17, 15) is 8.42 Å². The number of hydrogen-bond donors (Lipinski definition) is 2. The molecule has 30 heavy (non-hydrogen) atoms. The summed E-state index contributed by atoms with van der Waals surface area (Å²) in [6, 6.07) is 13.4. The quantitative estimate of drug-likeness (QED) is 0.436. The molecule has 0 spiro atoms. The molecule has 4 aromatic rings. The van der Waals surface area contributed by atoms with E-state index in [1.54, 1.807) is 35.0 Å². The highest BCUT2D eigenvalue weighted by molar-refractivity contribution is 7.93. The Morgan fingerprint density at radius 3 is 2.87 bits per heavy atom. The van der Waals surface area contributed by atoms with E-state index in [-0.39, 0.29) is 4.90 Å². The SMILES string of the molecule is O=S(=O)(Nc1nccs1)c1ccc2c(c1)CCN2CCNc1nc2ccccc2s1. The second kappa shape index (κ2) is 7.86. The molecule has 2 aromatic heterocycles. The molecule has 1 aliphatic heterocycles. The van der Waals surface area contributed by atoms with Crippen molar-refractivity contribution in [3.8, 4) is 0 Å². The van der Waals surface area contributed by atoms with Crippen LogP contribution in [0.5, 0.6) is 0 Å². The number of para-hydroxylation sites is 1. The van der Waals surface area contributed by atoms with Crippen LogP contribution in [-0.4, -0.2) is 38.0 Å². The molecule has 5 rings (SSSR count). The van der Waals surface area contributed by atoms with Gasteiger partial charge in [-0.05, 0) is 42.3 Å². The van der Waals surface area contributed by atoms with Gasteiger partial charge in [0, 0.05) is 36.9 Å². The molecule has 3 heterocycles. The molecule has 2 aromatic carbocycles. The van der Waals surface area contributed by atoms with E-state index in [1.165, 1.54) is 16.0 Å². The minimum absolute atomic E-state index is 0.269. The van der Waals surface area contributed by atoms with Gasteiger partial charge in [-0.15, -0.1) is 11.3 Å². The van der Waals surface area contributed by atoms with Crippen LogP contribution in [0.25, 0.3) is 10.2 Å². The molecule has 2 N–H and O–H groups in total. The second-order valence-corrected chi connectivity index (χ2v) is 10.5. The van der Waals surface area contributed by atoms with Gasteiger partial charge >= 0.3 is 0 Å². The normalized spacial score (nSPS) is 13.5. The van der Waals surface area contributed by atoms with Crippen molar-refractivity contribution in [3.05, 3.63) is 59.6 Å². The van der Waals surface area contributed by atoms with Gasteiger partial charge in [-0.2, -0.15) is 0 Å². The highest BCUT2D eigenvalue weighted by Crippen LogP contribution is 2.31. The summed E-state index contributed by atoms with van der Waals surface area (Å²) in [4.78, 5) is 11.1. The Balaban J connectivity index is 1.24. The summed E-state index contributed by atoms with van der Waals surface area (Å²) in [7, 11) is -3.63. The molecule has 0 aliphatic carbocycles. The molecule has 0 unspecified atom stereocenters. The van der Waals surface area contributed by atoms with Crippen molar-refractivity contribution in [2.24, 2.45) is 0 Å². The van der Waals surface area contributed by atoms with Gasteiger partial charge in [-0.1, -0.05) is 23.5 Å². The van der Waals surface area contributed by atoms with E-state index in [2.05, 4.69) is 31.0 Å². The third-order valence-corrected chi connectivity index (χ3v) is 8.11. The van der Waals surface area contributed by atoms with Crippen LogP contribution in [0, 0.1) is 0 Å². The predicted octanol–water partition coefficient (Wildman–Crippen LogP) is 4.03. The zero-order valence-corrected chi connectivity index (χ0v) is 18.4. The zero-order chi connectivity index (χ0) is 20.6. The lowest BCUT2D eigenvalue weighted by Gasteiger charge is -2.19. The number of nitrogens with one attached hydrogen (secondary N) is 2. The van der Waals surface area contributed by atoms with Crippen molar-refractivity contribution in [2.75, 3.05) is 34.6 Å². The van der Waals surface area contributed by atoms with Gasteiger partial charge in [0.2, 0.25) is 0 Å². The molecule has 154 valence electrons. The van der Waals surface area contributed by atoms with Gasteiger partial charge in [0.05, 0.1) is 15.1 Å². The summed E-state index contributed by atoms with van der Waals surface area (Å²) in [5, 5.41) is 6.44. The molecule has 0 bridgehead atoms. The number of fused-ring (bicyclic) bond motifs is 2. The average molecular weight is 458 g/mol. The monoisotopic (exact) mass is 457 g/mol. The fraction of sp³-hybridized carbons (Fsp3) is 0.200. The Bertz CT molecular complexity index is 1250. The lowest BCUT2D eigenvalue weighted by atomic mass is 10.2. The Kier molecular flexibility index (Phi) is 5.05. The van der Waals surface area contributed by atoms with Crippen LogP contribution < -0.4 is 14.9 Å². The Labute approximate surface area is 182 Å². The lowest BCUT2D eigenvalue weighted by molar-refractivity contribution is 0.601. The first-order valence-corrected chi connectivity index (χ1v) is 12.7. The summed E-state index contributed by atoms with van der Waals surface area (Å²) in [6.45, 7) is 2.47. The van der Waals surface area contributed by atoms with Crippen molar-refractivity contribution in [1.82, 2.24) is 9.97 Å². The summed E-state index contributed by atoms with van der Waals surface area (Å²) in [5.74, 6) is 0. The maximum atomic E-state index is 12.6. The molecule has 0 fully saturated rings. The van der Waals surface area contributed by atoms with Gasteiger partial charge in [0.15, 0.2) is 10.3 Å². The van der Waals surface area contributed by atoms with Crippen LogP contribution in [0.4, 0.5) is 16.0 Å². The highest BCUT2D eigenvalue weighted by Gasteiger charge is 2.23. The smallest absolute Gasteiger partial charge is 0.263 e.